The van der Waals surface area contributed by atoms with E-state index in [1.54, 1.807) is 6.07 Å². The number of thiazole rings is 1. The molecule has 2 aromatic carbocycles. The number of rotatable bonds is 4. The minimum absolute atomic E-state index is 0.320. The van der Waals surface area contributed by atoms with E-state index in [0.717, 1.165) is 16.0 Å². The fourth-order valence-electron chi connectivity index (χ4n) is 2.17. The van der Waals surface area contributed by atoms with Crippen LogP contribution in [0.3, 0.4) is 0 Å². The molecular weight excluding hydrogens is 332 g/mol. The second kappa shape index (κ2) is 6.91. The van der Waals surface area contributed by atoms with Crippen molar-refractivity contribution < 1.29 is 9.63 Å². The SMILES string of the molecule is CONC(=O)c1nc(-c2ccccc2Cl)c(-c2ccccc2)s1. The van der Waals surface area contributed by atoms with E-state index in [1.165, 1.54) is 18.4 Å². The van der Waals surface area contributed by atoms with Gasteiger partial charge >= 0.3 is 5.91 Å². The average molecular weight is 345 g/mol. The number of hydrogen-bond donors (Lipinski definition) is 1. The number of amides is 1. The van der Waals surface area contributed by atoms with Crippen LogP contribution in [0.4, 0.5) is 0 Å². The normalized spacial score (nSPS) is 10.5. The van der Waals surface area contributed by atoms with E-state index in [4.69, 9.17) is 11.6 Å². The molecule has 1 aromatic heterocycles. The Morgan fingerprint density at radius 1 is 1.13 bits per heavy atom. The molecule has 116 valence electrons. The molecule has 3 aromatic rings. The highest BCUT2D eigenvalue weighted by Crippen LogP contribution is 2.39. The summed E-state index contributed by atoms with van der Waals surface area (Å²) in [5.74, 6) is -0.381. The Kier molecular flexibility index (Phi) is 4.71. The minimum atomic E-state index is -0.381. The second-order valence-corrected chi connectivity index (χ2v) is 6.08. The van der Waals surface area contributed by atoms with Crippen molar-refractivity contribution in [3.63, 3.8) is 0 Å². The van der Waals surface area contributed by atoms with E-state index in [9.17, 15) is 4.79 Å². The molecule has 1 heterocycles. The van der Waals surface area contributed by atoms with E-state index in [1.807, 2.05) is 48.5 Å². The zero-order valence-corrected chi connectivity index (χ0v) is 13.8. The molecule has 0 aliphatic carbocycles. The number of hydrogen-bond acceptors (Lipinski definition) is 4. The number of carbonyl (C=O) groups is 1. The largest absolute Gasteiger partial charge is 0.303 e. The van der Waals surface area contributed by atoms with E-state index in [2.05, 4.69) is 15.3 Å². The van der Waals surface area contributed by atoms with Crippen LogP contribution in [0.5, 0.6) is 0 Å². The van der Waals surface area contributed by atoms with Gasteiger partial charge in [-0.1, -0.05) is 60.1 Å². The van der Waals surface area contributed by atoms with Crippen molar-refractivity contribution in [2.75, 3.05) is 7.11 Å². The van der Waals surface area contributed by atoms with Crippen LogP contribution in [0.2, 0.25) is 5.02 Å². The summed E-state index contributed by atoms with van der Waals surface area (Å²) < 4.78 is 0. The molecule has 0 radical (unpaired) electrons. The topological polar surface area (TPSA) is 51.2 Å². The lowest BCUT2D eigenvalue weighted by Gasteiger charge is -2.04. The number of carbonyl (C=O) groups excluding carboxylic acids is 1. The van der Waals surface area contributed by atoms with Gasteiger partial charge in [-0.2, -0.15) is 0 Å². The molecule has 0 atom stereocenters. The molecule has 0 aliphatic rings. The highest BCUT2D eigenvalue weighted by atomic mass is 35.5. The zero-order chi connectivity index (χ0) is 16.2. The Hall–Kier alpha value is -2.21. The molecule has 3 rings (SSSR count). The van der Waals surface area contributed by atoms with Crippen molar-refractivity contribution in [2.24, 2.45) is 0 Å². The molecule has 0 aliphatic heterocycles. The van der Waals surface area contributed by atoms with Crippen molar-refractivity contribution in [2.45, 2.75) is 0 Å². The Morgan fingerprint density at radius 2 is 1.83 bits per heavy atom. The Morgan fingerprint density at radius 3 is 2.52 bits per heavy atom. The third-order valence-corrected chi connectivity index (χ3v) is 4.61. The van der Waals surface area contributed by atoms with E-state index < -0.39 is 0 Å². The quantitative estimate of drug-likeness (QED) is 0.713. The summed E-state index contributed by atoms with van der Waals surface area (Å²) in [6.07, 6.45) is 0. The summed E-state index contributed by atoms with van der Waals surface area (Å²) in [5, 5.41) is 0.911. The van der Waals surface area contributed by atoms with Gasteiger partial charge < -0.3 is 0 Å². The van der Waals surface area contributed by atoms with Crippen LogP contribution >= 0.6 is 22.9 Å². The van der Waals surface area contributed by atoms with Gasteiger partial charge in [-0.3, -0.25) is 9.63 Å². The first-order valence-corrected chi connectivity index (χ1v) is 8.04. The number of benzene rings is 2. The van der Waals surface area contributed by atoms with Crippen LogP contribution in [0.1, 0.15) is 9.80 Å². The molecule has 0 spiro atoms. The number of nitrogens with zero attached hydrogens (tertiary/aromatic N) is 1. The first-order chi connectivity index (χ1) is 11.2. The van der Waals surface area contributed by atoms with E-state index >= 15 is 0 Å². The lowest BCUT2D eigenvalue weighted by molar-refractivity contribution is 0.0537. The molecule has 23 heavy (non-hydrogen) atoms. The molecule has 0 fully saturated rings. The van der Waals surface area contributed by atoms with Crippen LogP contribution in [0, 0.1) is 0 Å². The number of halogens is 1. The van der Waals surface area contributed by atoms with Crippen molar-refractivity contribution in [1.82, 2.24) is 10.5 Å². The number of nitrogens with one attached hydrogen (secondary N) is 1. The summed E-state index contributed by atoms with van der Waals surface area (Å²) in [6.45, 7) is 0. The standard InChI is InChI=1S/C17H13ClN2O2S/c1-22-20-16(21)17-19-14(12-9-5-6-10-13(12)18)15(23-17)11-7-3-2-4-8-11/h2-10H,1H3,(H,20,21). The average Bonchev–Trinajstić information content (AvgIpc) is 3.01. The van der Waals surface area contributed by atoms with Gasteiger partial charge in [0.1, 0.15) is 0 Å². The van der Waals surface area contributed by atoms with Crippen molar-refractivity contribution in [3.8, 4) is 21.7 Å². The van der Waals surface area contributed by atoms with Gasteiger partial charge in [-0.05, 0) is 11.6 Å². The summed E-state index contributed by atoms with van der Waals surface area (Å²) in [7, 11) is 1.39. The van der Waals surface area contributed by atoms with Gasteiger partial charge in [0.05, 0.1) is 22.7 Å². The van der Waals surface area contributed by atoms with Gasteiger partial charge in [-0.25, -0.2) is 10.5 Å². The maximum atomic E-state index is 12.0. The zero-order valence-electron chi connectivity index (χ0n) is 12.2. The first kappa shape index (κ1) is 15.7. The van der Waals surface area contributed by atoms with Crippen LogP contribution < -0.4 is 5.48 Å². The van der Waals surface area contributed by atoms with Gasteiger partial charge in [0, 0.05) is 5.56 Å². The van der Waals surface area contributed by atoms with Gasteiger partial charge in [0.25, 0.3) is 0 Å². The molecule has 0 saturated heterocycles. The Bertz CT molecular complexity index is 834. The highest BCUT2D eigenvalue weighted by molar-refractivity contribution is 7.17. The maximum Gasteiger partial charge on any atom is 0.303 e. The monoisotopic (exact) mass is 344 g/mol. The summed E-state index contributed by atoms with van der Waals surface area (Å²) in [5.41, 5.74) is 4.76. The second-order valence-electron chi connectivity index (χ2n) is 4.68. The van der Waals surface area contributed by atoms with Crippen molar-refractivity contribution in [1.29, 1.82) is 0 Å². The van der Waals surface area contributed by atoms with Crippen molar-refractivity contribution in [3.05, 3.63) is 64.6 Å². The molecule has 0 saturated carbocycles. The van der Waals surface area contributed by atoms with E-state index in [0.29, 0.717) is 15.7 Å². The highest BCUT2D eigenvalue weighted by Gasteiger charge is 2.20. The van der Waals surface area contributed by atoms with Gasteiger partial charge in [0.15, 0.2) is 5.01 Å². The molecule has 0 unspecified atom stereocenters. The third kappa shape index (κ3) is 3.27. The van der Waals surface area contributed by atoms with Gasteiger partial charge in [0.2, 0.25) is 0 Å². The van der Waals surface area contributed by atoms with Crippen LogP contribution in [0.25, 0.3) is 21.7 Å². The van der Waals surface area contributed by atoms with Crippen LogP contribution in [-0.4, -0.2) is 18.0 Å². The number of hydroxylamine groups is 1. The van der Waals surface area contributed by atoms with Gasteiger partial charge in [-0.15, -0.1) is 11.3 Å². The lowest BCUT2D eigenvalue weighted by atomic mass is 10.1. The third-order valence-electron chi connectivity index (χ3n) is 3.18. The van der Waals surface area contributed by atoms with Crippen molar-refractivity contribution >= 4 is 28.8 Å². The fourth-order valence-corrected chi connectivity index (χ4v) is 3.37. The molecular formula is C17H13ClN2O2S. The molecule has 1 amide bonds. The predicted molar refractivity (Wildman–Crippen MR) is 92.5 cm³/mol. The maximum absolute atomic E-state index is 12.0. The van der Waals surface area contributed by atoms with Crippen LogP contribution in [-0.2, 0) is 4.84 Å². The smallest absolute Gasteiger partial charge is 0.277 e. The van der Waals surface area contributed by atoms with E-state index in [-0.39, 0.29) is 5.91 Å². The Labute approximate surface area is 142 Å². The molecule has 1 N–H and O–H groups in total. The summed E-state index contributed by atoms with van der Waals surface area (Å²) in [6, 6.07) is 17.2. The molecule has 4 nitrogen and oxygen atoms in total. The summed E-state index contributed by atoms with van der Waals surface area (Å²) in [4.78, 5) is 22.1. The number of aromatic nitrogens is 1. The molecule has 0 bridgehead atoms. The lowest BCUT2D eigenvalue weighted by Crippen LogP contribution is -2.21. The Balaban J connectivity index is 2.17. The predicted octanol–water partition coefficient (Wildman–Crippen LogP) is 4.42. The molecule has 6 heteroatoms. The van der Waals surface area contributed by atoms with Crippen LogP contribution in [0.15, 0.2) is 54.6 Å². The fraction of sp³-hybridized carbons (Fsp3) is 0.0588. The summed E-state index contributed by atoms with van der Waals surface area (Å²) >= 11 is 7.61. The first-order valence-electron chi connectivity index (χ1n) is 6.85. The minimum Gasteiger partial charge on any atom is -0.277 e.